The summed E-state index contributed by atoms with van der Waals surface area (Å²) in [5.41, 5.74) is 1.10. The molecule has 0 unspecified atom stereocenters. The van der Waals surface area contributed by atoms with Gasteiger partial charge in [-0.25, -0.2) is 0 Å². The number of ether oxygens (including phenoxy) is 4. The molecule has 9 nitrogen and oxygen atoms in total. The first-order valence-corrected chi connectivity index (χ1v) is 9.21. The van der Waals surface area contributed by atoms with Gasteiger partial charge in [0.2, 0.25) is 12.6 Å². The average Bonchev–Trinajstić information content (AvgIpc) is 3.36. The molecular formula is C22H15N3O6. The molecule has 1 amide bonds. The molecule has 0 bridgehead atoms. The van der Waals surface area contributed by atoms with Crippen LogP contribution < -0.4 is 18.9 Å². The van der Waals surface area contributed by atoms with Crippen LogP contribution in [0, 0.1) is 22.7 Å². The highest BCUT2D eigenvalue weighted by Gasteiger charge is 2.28. The molecule has 0 aromatic heterocycles. The molecule has 0 N–H and O–H groups in total. The predicted molar refractivity (Wildman–Crippen MR) is 105 cm³/mol. The number of allylic oxidation sites excluding steroid dienone is 1. The lowest BCUT2D eigenvalue weighted by atomic mass is 10.1. The quantitative estimate of drug-likeness (QED) is 0.518. The van der Waals surface area contributed by atoms with Crippen molar-refractivity contribution in [2.45, 2.75) is 0 Å². The topological polar surface area (TPSA) is 122 Å². The van der Waals surface area contributed by atoms with Crippen molar-refractivity contribution in [2.75, 3.05) is 26.5 Å². The Labute approximate surface area is 177 Å². The second-order valence-corrected chi connectivity index (χ2v) is 6.57. The lowest BCUT2D eigenvalue weighted by Crippen LogP contribution is -2.35. The highest BCUT2D eigenvalue weighted by molar-refractivity contribution is 6.14. The van der Waals surface area contributed by atoms with Crippen LogP contribution in [0.15, 0.2) is 42.2 Å². The second-order valence-electron chi connectivity index (χ2n) is 6.57. The summed E-state index contributed by atoms with van der Waals surface area (Å²) >= 11 is 0. The number of benzene rings is 2. The van der Waals surface area contributed by atoms with Crippen LogP contribution in [0.5, 0.6) is 23.0 Å². The molecule has 154 valence electrons. The first-order valence-electron chi connectivity index (χ1n) is 9.21. The molecule has 31 heavy (non-hydrogen) atoms. The lowest BCUT2D eigenvalue weighted by Gasteiger charge is -2.16. The molecule has 2 aliphatic heterocycles. The van der Waals surface area contributed by atoms with Crippen molar-refractivity contribution < 1.29 is 28.5 Å². The van der Waals surface area contributed by atoms with E-state index in [0.29, 0.717) is 28.6 Å². The maximum absolute atomic E-state index is 12.6. The molecule has 0 aliphatic carbocycles. The van der Waals surface area contributed by atoms with Gasteiger partial charge in [-0.2, -0.15) is 10.5 Å². The molecule has 0 radical (unpaired) electrons. The summed E-state index contributed by atoms with van der Waals surface area (Å²) < 4.78 is 21.8. The molecule has 2 aromatic rings. The number of hydrogen-bond donors (Lipinski definition) is 0. The van der Waals surface area contributed by atoms with E-state index in [-0.39, 0.29) is 38.0 Å². The highest BCUT2D eigenvalue weighted by Crippen LogP contribution is 2.37. The Balaban J connectivity index is 1.45. The van der Waals surface area contributed by atoms with E-state index in [4.69, 9.17) is 29.5 Å². The number of nitrogens with zero attached hydrogens (tertiary/aromatic N) is 3. The van der Waals surface area contributed by atoms with E-state index < -0.39 is 5.91 Å². The first-order chi connectivity index (χ1) is 15.1. The molecule has 0 saturated carbocycles. The Hall–Kier alpha value is -4.50. The zero-order valence-electron chi connectivity index (χ0n) is 16.2. The molecule has 2 aromatic carbocycles. The summed E-state index contributed by atoms with van der Waals surface area (Å²) in [7, 11) is 0. The molecular weight excluding hydrogens is 402 g/mol. The van der Waals surface area contributed by atoms with Crippen molar-refractivity contribution in [3.8, 4) is 35.1 Å². The van der Waals surface area contributed by atoms with Crippen LogP contribution in [0.2, 0.25) is 0 Å². The number of hydrogen-bond acceptors (Lipinski definition) is 8. The Morgan fingerprint density at radius 3 is 2.61 bits per heavy atom. The van der Waals surface area contributed by atoms with E-state index in [1.807, 2.05) is 12.1 Å². The summed E-state index contributed by atoms with van der Waals surface area (Å²) in [6.45, 7) is -0.598. The smallest absolute Gasteiger partial charge is 0.262 e. The number of nitriles is 2. The number of carbonyl (C=O) groups excluding carboxylic acids is 2. The van der Waals surface area contributed by atoms with Crippen LogP contribution in [-0.4, -0.2) is 43.1 Å². The summed E-state index contributed by atoms with van der Waals surface area (Å²) in [5.74, 6) is 1.25. The molecule has 2 aliphatic rings. The van der Waals surface area contributed by atoms with Crippen LogP contribution in [-0.2, 0) is 4.79 Å². The Bertz CT molecular complexity index is 1160. The van der Waals surface area contributed by atoms with Gasteiger partial charge in [0.05, 0.1) is 17.7 Å². The third kappa shape index (κ3) is 4.11. The van der Waals surface area contributed by atoms with Crippen LogP contribution in [0.1, 0.15) is 15.9 Å². The molecule has 0 spiro atoms. The van der Waals surface area contributed by atoms with Crippen molar-refractivity contribution in [3.63, 3.8) is 0 Å². The van der Waals surface area contributed by atoms with Crippen LogP contribution in [0.25, 0.3) is 6.08 Å². The largest absolute Gasteiger partial charge is 0.484 e. The minimum Gasteiger partial charge on any atom is -0.484 e. The number of fused-ring (bicyclic) bond motifs is 2. The van der Waals surface area contributed by atoms with Gasteiger partial charge in [0.25, 0.3) is 5.91 Å². The maximum atomic E-state index is 12.6. The molecule has 0 atom stereocenters. The van der Waals surface area contributed by atoms with Crippen LogP contribution >= 0.6 is 0 Å². The van der Waals surface area contributed by atoms with Gasteiger partial charge in [-0.15, -0.1) is 0 Å². The number of ketones is 1. The van der Waals surface area contributed by atoms with E-state index in [1.54, 1.807) is 36.4 Å². The van der Waals surface area contributed by atoms with Crippen molar-refractivity contribution in [1.82, 2.24) is 4.90 Å². The predicted octanol–water partition coefficient (Wildman–Crippen LogP) is 2.29. The fraction of sp³-hybridized carbons (Fsp3) is 0.182. The minimum atomic E-state index is -0.496. The highest BCUT2D eigenvalue weighted by atomic mass is 16.7. The number of carbonyl (C=O) groups is 2. The summed E-state index contributed by atoms with van der Waals surface area (Å²) in [6, 6.07) is 13.6. The second kappa shape index (κ2) is 8.47. The first kappa shape index (κ1) is 19.8. The summed E-state index contributed by atoms with van der Waals surface area (Å²) in [5, 5.41) is 17.5. The van der Waals surface area contributed by atoms with Gasteiger partial charge in [-0.1, -0.05) is 6.07 Å². The lowest BCUT2D eigenvalue weighted by molar-refractivity contribution is -0.132. The third-order valence-corrected chi connectivity index (χ3v) is 4.57. The third-order valence-electron chi connectivity index (χ3n) is 4.57. The van der Waals surface area contributed by atoms with Crippen molar-refractivity contribution >= 4 is 17.8 Å². The van der Waals surface area contributed by atoms with Gasteiger partial charge < -0.3 is 23.8 Å². The maximum Gasteiger partial charge on any atom is 0.262 e. The average molecular weight is 417 g/mol. The van der Waals surface area contributed by atoms with Crippen LogP contribution in [0.4, 0.5) is 0 Å². The molecule has 4 rings (SSSR count). The van der Waals surface area contributed by atoms with Gasteiger partial charge >= 0.3 is 0 Å². The normalized spacial score (nSPS) is 14.4. The monoisotopic (exact) mass is 417 g/mol. The SMILES string of the molecule is N#CCN(CC#N)C(=O)COc1ccc2c(c1)OC(=Cc1ccc3c(c1)OCO3)C2=O. The van der Waals surface area contributed by atoms with Crippen molar-refractivity contribution in [1.29, 1.82) is 10.5 Å². The summed E-state index contributed by atoms with van der Waals surface area (Å²) in [4.78, 5) is 25.8. The zero-order valence-corrected chi connectivity index (χ0v) is 16.2. The molecule has 0 fully saturated rings. The van der Waals surface area contributed by atoms with E-state index in [1.165, 1.54) is 6.07 Å². The van der Waals surface area contributed by atoms with Gasteiger partial charge in [-0.3, -0.25) is 9.59 Å². The van der Waals surface area contributed by atoms with Crippen molar-refractivity contribution in [3.05, 3.63) is 53.3 Å². The van der Waals surface area contributed by atoms with E-state index in [2.05, 4.69) is 0 Å². The fourth-order valence-corrected chi connectivity index (χ4v) is 3.05. The zero-order chi connectivity index (χ0) is 21.8. The van der Waals surface area contributed by atoms with Gasteiger partial charge in [0.15, 0.2) is 23.9 Å². The standard InChI is InChI=1S/C22H15N3O6/c23-5-7-25(8-6-24)21(26)12-28-15-2-3-16-18(11-15)31-20(22(16)27)10-14-1-4-17-19(9-14)30-13-29-17/h1-4,9-11H,7-8,12-13H2. The fourth-order valence-electron chi connectivity index (χ4n) is 3.05. The number of rotatable bonds is 6. The minimum absolute atomic E-state index is 0.149. The van der Waals surface area contributed by atoms with E-state index in [9.17, 15) is 9.59 Å². The molecule has 0 saturated heterocycles. The van der Waals surface area contributed by atoms with Crippen LogP contribution in [0.3, 0.4) is 0 Å². The molecule has 9 heteroatoms. The molecule has 2 heterocycles. The Morgan fingerprint density at radius 2 is 1.84 bits per heavy atom. The van der Waals surface area contributed by atoms with Gasteiger partial charge in [0.1, 0.15) is 24.6 Å². The van der Waals surface area contributed by atoms with Crippen molar-refractivity contribution in [2.24, 2.45) is 0 Å². The van der Waals surface area contributed by atoms with E-state index in [0.717, 1.165) is 10.5 Å². The van der Waals surface area contributed by atoms with Gasteiger partial charge in [0, 0.05) is 6.07 Å². The Kier molecular flexibility index (Phi) is 5.41. The summed E-state index contributed by atoms with van der Waals surface area (Å²) in [6.07, 6.45) is 1.61. The Morgan fingerprint density at radius 1 is 1.06 bits per heavy atom. The van der Waals surface area contributed by atoms with E-state index >= 15 is 0 Å². The number of amides is 1. The number of Topliss-reactive ketones (excluding diaryl/α,β-unsaturated/α-hetero) is 1. The van der Waals surface area contributed by atoms with Gasteiger partial charge in [-0.05, 0) is 35.9 Å².